The standard InChI is InChI=1S/C12H15N5/c1-10(2)16(8-3-5-13)12-11-4-6-15-17(11)9-7-14-12/h4,6-7,9-10H,3,8H2,1-2H3. The highest BCUT2D eigenvalue weighted by Crippen LogP contribution is 2.20. The lowest BCUT2D eigenvalue weighted by Crippen LogP contribution is -2.32. The summed E-state index contributed by atoms with van der Waals surface area (Å²) in [4.78, 5) is 6.53. The number of aromatic nitrogens is 3. The molecule has 0 aliphatic heterocycles. The van der Waals surface area contributed by atoms with Gasteiger partial charge in [0.25, 0.3) is 0 Å². The minimum Gasteiger partial charge on any atom is -0.351 e. The summed E-state index contributed by atoms with van der Waals surface area (Å²) in [6.07, 6.45) is 5.80. The van der Waals surface area contributed by atoms with Crippen molar-refractivity contribution in [1.29, 1.82) is 5.26 Å². The van der Waals surface area contributed by atoms with Crippen LogP contribution in [0.25, 0.3) is 5.52 Å². The first-order valence-corrected chi connectivity index (χ1v) is 5.66. The summed E-state index contributed by atoms with van der Waals surface area (Å²) in [5, 5.41) is 12.9. The van der Waals surface area contributed by atoms with Crippen molar-refractivity contribution >= 4 is 11.3 Å². The fourth-order valence-corrected chi connectivity index (χ4v) is 1.84. The zero-order valence-electron chi connectivity index (χ0n) is 10.0. The Labute approximate surface area is 100 Å². The van der Waals surface area contributed by atoms with E-state index < -0.39 is 0 Å². The maximum Gasteiger partial charge on any atom is 0.154 e. The van der Waals surface area contributed by atoms with Gasteiger partial charge in [-0.3, -0.25) is 0 Å². The molecule has 0 atom stereocenters. The molecule has 0 fully saturated rings. The second-order valence-corrected chi connectivity index (χ2v) is 4.11. The minimum atomic E-state index is 0.303. The molecule has 0 aliphatic carbocycles. The molecule has 5 heteroatoms. The van der Waals surface area contributed by atoms with Gasteiger partial charge in [-0.25, -0.2) is 9.50 Å². The number of rotatable bonds is 4. The largest absolute Gasteiger partial charge is 0.351 e. The molecule has 0 N–H and O–H groups in total. The van der Waals surface area contributed by atoms with E-state index in [2.05, 4.69) is 34.9 Å². The van der Waals surface area contributed by atoms with Gasteiger partial charge in [0.05, 0.1) is 18.7 Å². The third kappa shape index (κ3) is 2.21. The Morgan fingerprint density at radius 1 is 1.47 bits per heavy atom. The monoisotopic (exact) mass is 229 g/mol. The average Bonchev–Trinajstić information content (AvgIpc) is 2.77. The van der Waals surface area contributed by atoms with Gasteiger partial charge in [0.1, 0.15) is 5.52 Å². The number of nitrogens with zero attached hydrogens (tertiary/aromatic N) is 5. The van der Waals surface area contributed by atoms with Crippen LogP contribution in [0, 0.1) is 11.3 Å². The predicted octanol–water partition coefficient (Wildman–Crippen LogP) is 1.86. The summed E-state index contributed by atoms with van der Waals surface area (Å²) in [7, 11) is 0. The molecule has 0 spiro atoms. The van der Waals surface area contributed by atoms with Crippen molar-refractivity contribution in [3.8, 4) is 6.07 Å². The molecular formula is C12H15N5. The van der Waals surface area contributed by atoms with Crippen molar-refractivity contribution in [3.63, 3.8) is 0 Å². The molecule has 0 aliphatic rings. The summed E-state index contributed by atoms with van der Waals surface area (Å²) in [6.45, 7) is 4.88. The highest BCUT2D eigenvalue weighted by molar-refractivity contribution is 5.68. The van der Waals surface area contributed by atoms with E-state index in [-0.39, 0.29) is 0 Å². The molecule has 2 heterocycles. The van der Waals surface area contributed by atoms with Gasteiger partial charge in [-0.2, -0.15) is 10.4 Å². The van der Waals surface area contributed by atoms with E-state index in [0.717, 1.165) is 11.3 Å². The van der Waals surface area contributed by atoms with E-state index in [4.69, 9.17) is 5.26 Å². The molecule has 0 saturated carbocycles. The molecular weight excluding hydrogens is 214 g/mol. The fraction of sp³-hybridized carbons (Fsp3) is 0.417. The molecule has 2 aromatic rings. The Balaban J connectivity index is 2.41. The van der Waals surface area contributed by atoms with Crippen molar-refractivity contribution < 1.29 is 0 Å². The Kier molecular flexibility index (Phi) is 3.24. The Morgan fingerprint density at radius 3 is 3.00 bits per heavy atom. The topological polar surface area (TPSA) is 57.2 Å². The van der Waals surface area contributed by atoms with E-state index in [0.29, 0.717) is 19.0 Å². The molecule has 17 heavy (non-hydrogen) atoms. The quantitative estimate of drug-likeness (QED) is 0.803. The number of nitriles is 1. The van der Waals surface area contributed by atoms with E-state index in [1.165, 1.54) is 0 Å². The maximum absolute atomic E-state index is 8.70. The molecule has 2 aromatic heterocycles. The summed E-state index contributed by atoms with van der Waals surface area (Å²) < 4.78 is 1.80. The van der Waals surface area contributed by atoms with Crippen LogP contribution in [0.5, 0.6) is 0 Å². The molecule has 0 amide bonds. The molecule has 2 rings (SSSR count). The summed E-state index contributed by atoms with van der Waals surface area (Å²) >= 11 is 0. The van der Waals surface area contributed by atoms with Gasteiger partial charge >= 0.3 is 0 Å². The van der Waals surface area contributed by atoms with E-state index in [1.54, 1.807) is 16.9 Å². The number of fused-ring (bicyclic) bond motifs is 1. The van der Waals surface area contributed by atoms with E-state index in [9.17, 15) is 0 Å². The van der Waals surface area contributed by atoms with Crippen LogP contribution in [-0.4, -0.2) is 27.2 Å². The third-order valence-electron chi connectivity index (χ3n) is 2.66. The van der Waals surface area contributed by atoms with Gasteiger partial charge in [-0.15, -0.1) is 0 Å². The zero-order valence-corrected chi connectivity index (χ0v) is 10.0. The maximum atomic E-state index is 8.70. The highest BCUT2D eigenvalue weighted by Gasteiger charge is 2.14. The number of anilines is 1. The van der Waals surface area contributed by atoms with Crippen molar-refractivity contribution in [3.05, 3.63) is 24.7 Å². The van der Waals surface area contributed by atoms with Crippen molar-refractivity contribution in [2.75, 3.05) is 11.4 Å². The second-order valence-electron chi connectivity index (χ2n) is 4.11. The van der Waals surface area contributed by atoms with Crippen LogP contribution in [0.3, 0.4) is 0 Å². The number of hydrogen-bond donors (Lipinski definition) is 0. The summed E-state index contributed by atoms with van der Waals surface area (Å²) in [5.41, 5.74) is 0.971. The first kappa shape index (κ1) is 11.4. The molecule has 0 saturated heterocycles. The SMILES string of the molecule is CC(C)N(CCC#N)c1nccn2nccc12. The van der Waals surface area contributed by atoms with Gasteiger partial charge < -0.3 is 4.90 Å². The molecule has 0 bridgehead atoms. The van der Waals surface area contributed by atoms with Gasteiger partial charge in [0.2, 0.25) is 0 Å². The fourth-order valence-electron chi connectivity index (χ4n) is 1.84. The molecule has 0 aromatic carbocycles. The van der Waals surface area contributed by atoms with Crippen LogP contribution in [-0.2, 0) is 0 Å². The molecule has 5 nitrogen and oxygen atoms in total. The first-order chi connectivity index (χ1) is 8.24. The van der Waals surface area contributed by atoms with Crippen LogP contribution >= 0.6 is 0 Å². The average molecular weight is 229 g/mol. The van der Waals surface area contributed by atoms with Gasteiger partial charge in [0, 0.05) is 25.0 Å². The molecule has 88 valence electrons. The van der Waals surface area contributed by atoms with Crippen molar-refractivity contribution in [2.24, 2.45) is 0 Å². The van der Waals surface area contributed by atoms with E-state index in [1.807, 2.05) is 12.3 Å². The van der Waals surface area contributed by atoms with Crippen molar-refractivity contribution in [1.82, 2.24) is 14.6 Å². The van der Waals surface area contributed by atoms with Crippen LogP contribution in [0.2, 0.25) is 0 Å². The third-order valence-corrected chi connectivity index (χ3v) is 2.66. The van der Waals surface area contributed by atoms with Crippen molar-refractivity contribution in [2.45, 2.75) is 26.3 Å². The normalized spacial score (nSPS) is 10.7. The van der Waals surface area contributed by atoms with Crippen LogP contribution < -0.4 is 4.90 Å². The summed E-state index contributed by atoms with van der Waals surface area (Å²) in [6, 6.07) is 4.41. The lowest BCUT2D eigenvalue weighted by atomic mass is 10.2. The first-order valence-electron chi connectivity index (χ1n) is 5.66. The lowest BCUT2D eigenvalue weighted by molar-refractivity contribution is 0.677. The zero-order chi connectivity index (χ0) is 12.3. The predicted molar refractivity (Wildman–Crippen MR) is 65.7 cm³/mol. The second kappa shape index (κ2) is 4.83. The Morgan fingerprint density at radius 2 is 2.29 bits per heavy atom. The van der Waals surface area contributed by atoms with Crippen LogP contribution in [0.1, 0.15) is 20.3 Å². The van der Waals surface area contributed by atoms with Gasteiger partial charge in [-0.05, 0) is 19.9 Å². The number of hydrogen-bond acceptors (Lipinski definition) is 4. The summed E-state index contributed by atoms with van der Waals surface area (Å²) in [5.74, 6) is 0.884. The van der Waals surface area contributed by atoms with Crippen LogP contribution in [0.15, 0.2) is 24.7 Å². The smallest absolute Gasteiger partial charge is 0.154 e. The lowest BCUT2D eigenvalue weighted by Gasteiger charge is -2.27. The molecule has 0 radical (unpaired) electrons. The van der Waals surface area contributed by atoms with Gasteiger partial charge in [0.15, 0.2) is 5.82 Å². The van der Waals surface area contributed by atoms with E-state index >= 15 is 0 Å². The van der Waals surface area contributed by atoms with Gasteiger partial charge in [-0.1, -0.05) is 0 Å². The van der Waals surface area contributed by atoms with Crippen LogP contribution in [0.4, 0.5) is 5.82 Å². The Bertz CT molecular complexity index is 537. The minimum absolute atomic E-state index is 0.303. The molecule has 0 unspecified atom stereocenters. The Hall–Kier alpha value is -2.09. The highest BCUT2D eigenvalue weighted by atomic mass is 15.3.